The van der Waals surface area contributed by atoms with Crippen molar-refractivity contribution in [2.24, 2.45) is 0 Å². The van der Waals surface area contributed by atoms with Crippen LogP contribution in [0.15, 0.2) is 0 Å². The lowest BCUT2D eigenvalue weighted by Gasteiger charge is -2.39. The van der Waals surface area contributed by atoms with E-state index >= 15 is 0 Å². The second kappa shape index (κ2) is 8.15. The topological polar surface area (TPSA) is 0 Å². The number of thioether (sulfide) groups is 1. The Hall–Kier alpha value is 0.780. The van der Waals surface area contributed by atoms with Gasteiger partial charge in [-0.3, -0.25) is 0 Å². The molecule has 2 aliphatic carbocycles. The SMILES string of the molecule is CSC(C)CP(C1CCCCC1)C1CCCCC1. The fourth-order valence-corrected chi connectivity index (χ4v) is 8.75. The molecule has 0 aromatic carbocycles. The summed E-state index contributed by atoms with van der Waals surface area (Å²) in [6.45, 7) is 2.46. The molecule has 1 unspecified atom stereocenters. The molecular weight excluding hydrogens is 255 g/mol. The molecule has 2 fully saturated rings. The fourth-order valence-electron chi connectivity index (χ4n) is 3.79. The molecule has 0 amide bonds. The van der Waals surface area contributed by atoms with Crippen molar-refractivity contribution in [3.63, 3.8) is 0 Å². The molecular formula is C16H31PS. The number of rotatable bonds is 5. The summed E-state index contributed by atoms with van der Waals surface area (Å²) in [5, 5.41) is 0.903. The van der Waals surface area contributed by atoms with E-state index in [2.05, 4.69) is 24.9 Å². The van der Waals surface area contributed by atoms with Gasteiger partial charge in [0, 0.05) is 5.25 Å². The van der Waals surface area contributed by atoms with Crippen molar-refractivity contribution in [2.45, 2.75) is 87.7 Å². The maximum Gasteiger partial charge on any atom is 0.00553 e. The zero-order valence-corrected chi connectivity index (χ0v) is 14.1. The third-order valence-electron chi connectivity index (χ3n) is 4.96. The summed E-state index contributed by atoms with van der Waals surface area (Å²) in [6, 6.07) is 0. The Kier molecular flexibility index (Phi) is 6.87. The van der Waals surface area contributed by atoms with Crippen LogP contribution in [-0.2, 0) is 0 Å². The summed E-state index contributed by atoms with van der Waals surface area (Å²) in [5.74, 6) is 0. The van der Waals surface area contributed by atoms with Gasteiger partial charge in [0.1, 0.15) is 0 Å². The van der Waals surface area contributed by atoms with Crippen LogP contribution in [-0.4, -0.2) is 29.0 Å². The highest BCUT2D eigenvalue weighted by atomic mass is 32.2. The first-order valence-electron chi connectivity index (χ1n) is 8.10. The molecule has 2 saturated carbocycles. The van der Waals surface area contributed by atoms with Crippen LogP contribution in [0.3, 0.4) is 0 Å². The van der Waals surface area contributed by atoms with Gasteiger partial charge >= 0.3 is 0 Å². The predicted octanol–water partition coefficient (Wildman–Crippen LogP) is 5.89. The van der Waals surface area contributed by atoms with Crippen LogP contribution in [0.5, 0.6) is 0 Å². The van der Waals surface area contributed by atoms with Gasteiger partial charge in [-0.05, 0) is 49.4 Å². The smallest absolute Gasteiger partial charge is 0.00553 e. The van der Waals surface area contributed by atoms with Gasteiger partial charge in [0.25, 0.3) is 0 Å². The molecule has 0 aliphatic heterocycles. The summed E-state index contributed by atoms with van der Waals surface area (Å²) in [6.07, 6.45) is 19.3. The van der Waals surface area contributed by atoms with Crippen molar-refractivity contribution in [2.75, 3.05) is 12.4 Å². The van der Waals surface area contributed by atoms with Crippen molar-refractivity contribution in [3.8, 4) is 0 Å². The van der Waals surface area contributed by atoms with Crippen molar-refractivity contribution in [3.05, 3.63) is 0 Å². The normalized spacial score (nSPS) is 25.5. The van der Waals surface area contributed by atoms with Crippen molar-refractivity contribution in [1.29, 1.82) is 0 Å². The van der Waals surface area contributed by atoms with Crippen molar-refractivity contribution >= 4 is 19.7 Å². The van der Waals surface area contributed by atoms with E-state index in [4.69, 9.17) is 0 Å². The molecule has 2 aliphatic rings. The average molecular weight is 286 g/mol. The van der Waals surface area contributed by atoms with E-state index in [0.717, 1.165) is 16.6 Å². The Balaban J connectivity index is 1.95. The van der Waals surface area contributed by atoms with E-state index in [-0.39, 0.29) is 0 Å². The molecule has 0 nitrogen and oxygen atoms in total. The molecule has 1 atom stereocenters. The third kappa shape index (κ3) is 4.41. The van der Waals surface area contributed by atoms with Gasteiger partial charge in [0.05, 0.1) is 0 Å². The third-order valence-corrected chi connectivity index (χ3v) is 10.1. The summed E-state index contributed by atoms with van der Waals surface area (Å²) in [5.41, 5.74) is 2.29. The highest BCUT2D eigenvalue weighted by Crippen LogP contribution is 2.56. The minimum atomic E-state index is 0.337. The Morgan fingerprint density at radius 1 is 0.889 bits per heavy atom. The Morgan fingerprint density at radius 3 is 1.72 bits per heavy atom. The van der Waals surface area contributed by atoms with Crippen LogP contribution in [0.25, 0.3) is 0 Å². The molecule has 106 valence electrons. The second-order valence-corrected chi connectivity index (χ2v) is 10.5. The lowest BCUT2D eigenvalue weighted by molar-refractivity contribution is 0.484. The maximum atomic E-state index is 2.46. The first-order chi connectivity index (χ1) is 8.81. The van der Waals surface area contributed by atoms with Crippen LogP contribution in [0.2, 0.25) is 0 Å². The molecule has 0 aromatic heterocycles. The fraction of sp³-hybridized carbons (Fsp3) is 1.00. The molecule has 0 bridgehead atoms. The van der Waals surface area contributed by atoms with Gasteiger partial charge in [0.2, 0.25) is 0 Å². The molecule has 0 N–H and O–H groups in total. The standard InChI is InChI=1S/C16H31PS/c1-14(18-2)13-17(15-9-5-3-6-10-15)16-11-7-4-8-12-16/h14-16H,3-13H2,1-2H3. The zero-order valence-electron chi connectivity index (χ0n) is 12.4. The Morgan fingerprint density at radius 2 is 1.33 bits per heavy atom. The number of hydrogen-bond acceptors (Lipinski definition) is 1. The highest BCUT2D eigenvalue weighted by Gasteiger charge is 2.31. The van der Waals surface area contributed by atoms with Gasteiger partial charge in [-0.2, -0.15) is 11.8 Å². The summed E-state index contributed by atoms with van der Waals surface area (Å²) in [7, 11) is 0.337. The molecule has 18 heavy (non-hydrogen) atoms. The van der Waals surface area contributed by atoms with E-state index < -0.39 is 0 Å². The van der Waals surface area contributed by atoms with Gasteiger partial charge in [0.15, 0.2) is 0 Å². The quantitative estimate of drug-likeness (QED) is 0.568. The molecule has 0 spiro atoms. The monoisotopic (exact) mass is 286 g/mol. The lowest BCUT2D eigenvalue weighted by Crippen LogP contribution is -2.24. The Bertz CT molecular complexity index is 201. The first kappa shape index (κ1) is 15.2. The van der Waals surface area contributed by atoms with Crippen LogP contribution >= 0.6 is 19.7 Å². The molecule has 2 heteroatoms. The minimum absolute atomic E-state index is 0.337. The van der Waals surface area contributed by atoms with E-state index in [1.54, 1.807) is 31.8 Å². The van der Waals surface area contributed by atoms with Gasteiger partial charge < -0.3 is 0 Å². The number of hydrogen-bond donors (Lipinski definition) is 0. The maximum absolute atomic E-state index is 2.46. The van der Waals surface area contributed by atoms with E-state index in [0.29, 0.717) is 7.92 Å². The van der Waals surface area contributed by atoms with Crippen molar-refractivity contribution < 1.29 is 0 Å². The second-order valence-electron chi connectivity index (χ2n) is 6.33. The molecule has 0 radical (unpaired) electrons. The molecule has 0 saturated heterocycles. The van der Waals surface area contributed by atoms with Crippen LogP contribution < -0.4 is 0 Å². The van der Waals surface area contributed by atoms with Gasteiger partial charge in [-0.1, -0.05) is 53.4 Å². The predicted molar refractivity (Wildman–Crippen MR) is 88.5 cm³/mol. The van der Waals surface area contributed by atoms with Gasteiger partial charge in [-0.15, -0.1) is 0 Å². The molecule has 0 aromatic rings. The summed E-state index contributed by atoms with van der Waals surface area (Å²) >= 11 is 2.10. The molecule has 0 heterocycles. The summed E-state index contributed by atoms with van der Waals surface area (Å²) < 4.78 is 0. The van der Waals surface area contributed by atoms with Crippen LogP contribution in [0, 0.1) is 0 Å². The zero-order chi connectivity index (χ0) is 12.8. The summed E-state index contributed by atoms with van der Waals surface area (Å²) in [4.78, 5) is 0. The minimum Gasteiger partial charge on any atom is -0.162 e. The van der Waals surface area contributed by atoms with E-state index in [9.17, 15) is 0 Å². The van der Waals surface area contributed by atoms with E-state index in [1.807, 2.05) is 0 Å². The van der Waals surface area contributed by atoms with Crippen LogP contribution in [0.1, 0.15) is 71.1 Å². The van der Waals surface area contributed by atoms with E-state index in [1.165, 1.54) is 38.5 Å². The van der Waals surface area contributed by atoms with Crippen molar-refractivity contribution in [1.82, 2.24) is 0 Å². The average Bonchev–Trinajstić information content (AvgIpc) is 2.46. The van der Waals surface area contributed by atoms with Gasteiger partial charge in [-0.25, -0.2) is 0 Å². The first-order valence-corrected chi connectivity index (χ1v) is 11.0. The Labute approximate surface area is 120 Å². The highest BCUT2D eigenvalue weighted by molar-refractivity contribution is 7.99. The lowest BCUT2D eigenvalue weighted by atomic mass is 9.99. The largest absolute Gasteiger partial charge is 0.162 e. The molecule has 2 rings (SSSR count). The van der Waals surface area contributed by atoms with Crippen LogP contribution in [0.4, 0.5) is 0 Å².